The van der Waals surface area contributed by atoms with Crippen LogP contribution in [-0.4, -0.2) is 73.7 Å². The van der Waals surface area contributed by atoms with Gasteiger partial charge in [-0.25, -0.2) is 15.0 Å². The minimum absolute atomic E-state index is 0.464. The number of aromatic nitrogens is 5. The van der Waals surface area contributed by atoms with Crippen molar-refractivity contribution < 1.29 is 0 Å². The normalized spacial score (nSPS) is 16.7. The predicted molar refractivity (Wildman–Crippen MR) is 101 cm³/mol. The Morgan fingerprint density at radius 1 is 1.08 bits per heavy atom. The van der Waals surface area contributed by atoms with Crippen molar-refractivity contribution in [3.05, 3.63) is 23.7 Å². The van der Waals surface area contributed by atoms with Gasteiger partial charge in [0.1, 0.15) is 16.8 Å². The van der Waals surface area contributed by atoms with Crippen molar-refractivity contribution in [2.75, 3.05) is 39.8 Å². The summed E-state index contributed by atoms with van der Waals surface area (Å²) in [5.74, 6) is 0.911. The zero-order chi connectivity index (χ0) is 18.3. The monoisotopic (exact) mass is 354 g/mol. The molecule has 138 valence electrons. The van der Waals surface area contributed by atoms with Crippen molar-refractivity contribution in [2.45, 2.75) is 19.9 Å². The zero-order valence-electron chi connectivity index (χ0n) is 15.7. The fourth-order valence-corrected chi connectivity index (χ4v) is 3.53. The number of hydrogen-bond acceptors (Lipinski definition) is 6. The molecule has 0 aromatic carbocycles. The predicted octanol–water partition coefficient (Wildman–Crippen LogP) is 0.743. The van der Waals surface area contributed by atoms with E-state index in [2.05, 4.69) is 31.8 Å². The SMILES string of the molecule is Cc1nc2cc3c(=N)n(CCCN4CCN(C)CC4)cnc3nc2n1C. The van der Waals surface area contributed by atoms with Gasteiger partial charge in [-0.3, -0.25) is 5.41 Å². The molecule has 0 spiro atoms. The van der Waals surface area contributed by atoms with Gasteiger partial charge in [-0.05, 0) is 33.0 Å². The second-order valence-electron chi connectivity index (χ2n) is 7.21. The lowest BCUT2D eigenvalue weighted by Gasteiger charge is -2.32. The smallest absolute Gasteiger partial charge is 0.167 e. The molecule has 0 saturated carbocycles. The van der Waals surface area contributed by atoms with E-state index in [1.807, 2.05) is 29.2 Å². The number of nitrogens with one attached hydrogen (secondary N) is 1. The van der Waals surface area contributed by atoms with Crippen LogP contribution >= 0.6 is 0 Å². The fraction of sp³-hybridized carbons (Fsp3) is 0.556. The highest BCUT2D eigenvalue weighted by molar-refractivity contribution is 5.86. The maximum absolute atomic E-state index is 8.55. The Bertz CT molecular complexity index is 994. The average molecular weight is 354 g/mol. The van der Waals surface area contributed by atoms with Crippen LogP contribution in [0.3, 0.4) is 0 Å². The number of aryl methyl sites for hydroxylation is 3. The van der Waals surface area contributed by atoms with Crippen LogP contribution in [0.4, 0.5) is 0 Å². The van der Waals surface area contributed by atoms with Crippen molar-refractivity contribution in [1.82, 2.24) is 33.9 Å². The summed E-state index contributed by atoms with van der Waals surface area (Å²) < 4.78 is 3.87. The zero-order valence-corrected chi connectivity index (χ0v) is 15.7. The Balaban J connectivity index is 1.53. The maximum Gasteiger partial charge on any atom is 0.167 e. The van der Waals surface area contributed by atoms with E-state index in [0.717, 1.165) is 68.1 Å². The molecule has 0 amide bonds. The van der Waals surface area contributed by atoms with Gasteiger partial charge in [0, 0.05) is 39.8 Å². The molecule has 0 atom stereocenters. The van der Waals surface area contributed by atoms with Gasteiger partial charge in [-0.1, -0.05) is 0 Å². The second-order valence-corrected chi connectivity index (χ2v) is 7.21. The maximum atomic E-state index is 8.55. The molecule has 1 fully saturated rings. The van der Waals surface area contributed by atoms with Crippen molar-refractivity contribution >= 4 is 22.2 Å². The van der Waals surface area contributed by atoms with Crippen molar-refractivity contribution in [1.29, 1.82) is 5.41 Å². The van der Waals surface area contributed by atoms with Gasteiger partial charge in [0.15, 0.2) is 11.3 Å². The summed E-state index contributed by atoms with van der Waals surface area (Å²) in [7, 11) is 4.13. The fourth-order valence-electron chi connectivity index (χ4n) is 3.53. The summed E-state index contributed by atoms with van der Waals surface area (Å²) in [6.07, 6.45) is 2.77. The Kier molecular flexibility index (Phi) is 4.46. The third kappa shape index (κ3) is 3.10. The van der Waals surface area contributed by atoms with E-state index in [0.29, 0.717) is 11.1 Å². The van der Waals surface area contributed by atoms with Gasteiger partial charge < -0.3 is 18.9 Å². The number of fused-ring (bicyclic) bond motifs is 2. The van der Waals surface area contributed by atoms with Crippen LogP contribution in [0, 0.1) is 12.3 Å². The minimum atomic E-state index is 0.464. The number of pyridine rings is 1. The first-order valence-corrected chi connectivity index (χ1v) is 9.17. The van der Waals surface area contributed by atoms with Crippen molar-refractivity contribution in [3.8, 4) is 0 Å². The summed E-state index contributed by atoms with van der Waals surface area (Å²) >= 11 is 0. The van der Waals surface area contributed by atoms with Crippen LogP contribution in [0.25, 0.3) is 22.2 Å². The lowest BCUT2D eigenvalue weighted by atomic mass is 10.3. The standard InChI is InChI=1S/C18H26N8/c1-13-21-15-11-14-16(19)26(12-20-17(14)22-18(15)24(13)3)6-4-5-25-9-7-23(2)8-10-25/h11-12,19H,4-10H2,1-3H3. The highest BCUT2D eigenvalue weighted by Crippen LogP contribution is 2.16. The Morgan fingerprint density at radius 2 is 1.85 bits per heavy atom. The Morgan fingerprint density at radius 3 is 2.62 bits per heavy atom. The number of nitrogens with zero attached hydrogens (tertiary/aromatic N) is 7. The van der Waals surface area contributed by atoms with Crippen LogP contribution in [0.2, 0.25) is 0 Å². The van der Waals surface area contributed by atoms with Crippen LogP contribution in [0.5, 0.6) is 0 Å². The largest absolute Gasteiger partial charge is 0.317 e. The molecule has 3 aromatic heterocycles. The lowest BCUT2D eigenvalue weighted by Crippen LogP contribution is -2.44. The topological polar surface area (TPSA) is 78.9 Å². The average Bonchev–Trinajstić information content (AvgIpc) is 2.91. The molecule has 1 N–H and O–H groups in total. The molecule has 1 aliphatic rings. The van der Waals surface area contributed by atoms with E-state index in [1.54, 1.807) is 6.33 Å². The van der Waals surface area contributed by atoms with E-state index >= 15 is 0 Å². The molecular formula is C18H26N8. The van der Waals surface area contributed by atoms with Gasteiger partial charge in [0.25, 0.3) is 0 Å². The quantitative estimate of drug-likeness (QED) is 0.748. The first-order valence-electron chi connectivity index (χ1n) is 9.17. The van der Waals surface area contributed by atoms with Crippen molar-refractivity contribution in [3.63, 3.8) is 0 Å². The van der Waals surface area contributed by atoms with Crippen LogP contribution < -0.4 is 5.49 Å². The Hall–Kier alpha value is -2.32. The number of likely N-dealkylation sites (N-methyl/N-ethyl adjacent to an activating group) is 1. The molecule has 0 bridgehead atoms. The van der Waals surface area contributed by atoms with Gasteiger partial charge in [0.05, 0.1) is 11.7 Å². The molecule has 26 heavy (non-hydrogen) atoms. The van der Waals surface area contributed by atoms with Crippen LogP contribution in [-0.2, 0) is 13.6 Å². The third-order valence-electron chi connectivity index (χ3n) is 5.38. The van der Waals surface area contributed by atoms with Crippen LogP contribution in [0.1, 0.15) is 12.2 Å². The third-order valence-corrected chi connectivity index (χ3v) is 5.38. The Labute approximate surface area is 152 Å². The van der Waals surface area contributed by atoms with Gasteiger partial charge in [-0.2, -0.15) is 0 Å². The second kappa shape index (κ2) is 6.77. The molecular weight excluding hydrogens is 328 g/mol. The summed E-state index contributed by atoms with van der Waals surface area (Å²) in [5, 5.41) is 9.31. The van der Waals surface area contributed by atoms with Gasteiger partial charge in [-0.15, -0.1) is 0 Å². The molecule has 8 nitrogen and oxygen atoms in total. The number of rotatable bonds is 4. The molecule has 0 radical (unpaired) electrons. The van der Waals surface area contributed by atoms with Gasteiger partial charge in [0.2, 0.25) is 0 Å². The number of piperazine rings is 1. The van der Waals surface area contributed by atoms with E-state index < -0.39 is 0 Å². The number of hydrogen-bond donors (Lipinski definition) is 1. The highest BCUT2D eigenvalue weighted by atomic mass is 15.2. The minimum Gasteiger partial charge on any atom is -0.317 e. The summed E-state index contributed by atoms with van der Waals surface area (Å²) in [6.45, 7) is 8.36. The molecule has 8 heteroatoms. The summed E-state index contributed by atoms with van der Waals surface area (Å²) in [4.78, 5) is 18.5. The number of imidazole rings is 1. The van der Waals surface area contributed by atoms with Crippen LogP contribution in [0.15, 0.2) is 12.4 Å². The molecule has 1 saturated heterocycles. The van der Waals surface area contributed by atoms with Crippen molar-refractivity contribution in [2.24, 2.45) is 7.05 Å². The highest BCUT2D eigenvalue weighted by Gasteiger charge is 2.14. The molecule has 4 rings (SSSR count). The molecule has 1 aliphatic heterocycles. The van der Waals surface area contributed by atoms with E-state index in [1.165, 1.54) is 0 Å². The van der Waals surface area contributed by atoms with Gasteiger partial charge >= 0.3 is 0 Å². The summed E-state index contributed by atoms with van der Waals surface area (Å²) in [5.41, 5.74) is 2.71. The van der Waals surface area contributed by atoms with E-state index in [9.17, 15) is 0 Å². The molecule has 4 heterocycles. The first kappa shape index (κ1) is 17.1. The first-order chi connectivity index (χ1) is 12.5. The molecule has 0 aliphatic carbocycles. The molecule has 0 unspecified atom stereocenters. The molecule has 3 aromatic rings. The lowest BCUT2D eigenvalue weighted by molar-refractivity contribution is 0.151. The summed E-state index contributed by atoms with van der Waals surface area (Å²) in [6, 6.07) is 1.94. The van der Waals surface area contributed by atoms with E-state index in [-0.39, 0.29) is 0 Å². The van der Waals surface area contributed by atoms with E-state index in [4.69, 9.17) is 5.41 Å².